The van der Waals surface area contributed by atoms with Crippen molar-refractivity contribution in [2.24, 2.45) is 0 Å². The molecule has 7 nitrogen and oxygen atoms in total. The molecular formula is C23H20ClFN2O5. The number of para-hydroxylation sites is 1. The van der Waals surface area contributed by atoms with Gasteiger partial charge in [0.15, 0.2) is 17.9 Å². The molecule has 0 saturated heterocycles. The van der Waals surface area contributed by atoms with E-state index in [1.54, 1.807) is 60.7 Å². The van der Waals surface area contributed by atoms with Crippen molar-refractivity contribution in [2.75, 3.05) is 5.32 Å². The van der Waals surface area contributed by atoms with E-state index < -0.39 is 40.1 Å². The number of nitrogens with zero attached hydrogens (tertiary/aromatic N) is 1. The predicted octanol–water partition coefficient (Wildman–Crippen LogP) is 4.86. The van der Waals surface area contributed by atoms with Crippen LogP contribution in [0.25, 0.3) is 0 Å². The molecule has 3 aromatic rings. The van der Waals surface area contributed by atoms with Crippen LogP contribution in [0.5, 0.6) is 5.75 Å². The van der Waals surface area contributed by atoms with E-state index in [9.17, 15) is 24.1 Å². The molecule has 0 amide bonds. The summed E-state index contributed by atoms with van der Waals surface area (Å²) >= 11 is 0. The highest BCUT2D eigenvalue weighted by Crippen LogP contribution is 2.23. The smallest absolute Gasteiger partial charge is 0.304 e. The molecule has 0 spiro atoms. The zero-order valence-electron chi connectivity index (χ0n) is 16.9. The van der Waals surface area contributed by atoms with Crippen LogP contribution >= 0.6 is 12.4 Å². The van der Waals surface area contributed by atoms with Crippen LogP contribution in [0.4, 0.5) is 15.8 Å². The zero-order valence-corrected chi connectivity index (χ0v) is 17.8. The Morgan fingerprint density at radius 2 is 1.59 bits per heavy atom. The van der Waals surface area contributed by atoms with Gasteiger partial charge in [-0.05, 0) is 25.1 Å². The van der Waals surface area contributed by atoms with Gasteiger partial charge in [-0.25, -0.2) is 0 Å². The Labute approximate surface area is 189 Å². The van der Waals surface area contributed by atoms with Gasteiger partial charge < -0.3 is 10.1 Å². The summed E-state index contributed by atoms with van der Waals surface area (Å²) in [6.07, 6.45) is -0.990. The number of Topliss-reactive ketones (excluding diaryl/α,β-unsaturated/α-hetero) is 2. The van der Waals surface area contributed by atoms with Gasteiger partial charge in [0.05, 0.1) is 4.92 Å². The summed E-state index contributed by atoms with van der Waals surface area (Å²) in [5.74, 6) is -1.73. The molecule has 0 aliphatic heterocycles. The average Bonchev–Trinajstić information content (AvgIpc) is 2.77. The maximum atomic E-state index is 14.0. The van der Waals surface area contributed by atoms with Crippen molar-refractivity contribution in [3.8, 4) is 5.75 Å². The Morgan fingerprint density at radius 3 is 2.16 bits per heavy atom. The third-order valence-electron chi connectivity index (χ3n) is 4.52. The number of nitrogens with one attached hydrogen (secondary N) is 1. The number of hydrogen-bond donors (Lipinski definition) is 1. The summed E-state index contributed by atoms with van der Waals surface area (Å²) in [4.78, 5) is 36.2. The van der Waals surface area contributed by atoms with E-state index in [0.717, 1.165) is 12.1 Å². The SMILES string of the molecule is CC(Oc1ccccc1)C(=O)C(Nc1ccc([N+](=O)[O-])c(F)c1)C(=O)c1ccccc1.Cl. The number of nitro groups is 1. The maximum Gasteiger partial charge on any atom is 0.304 e. The summed E-state index contributed by atoms with van der Waals surface area (Å²) in [6.45, 7) is 1.51. The number of ether oxygens (including phenoxy) is 1. The normalized spacial score (nSPS) is 12.1. The van der Waals surface area contributed by atoms with Crippen molar-refractivity contribution in [1.82, 2.24) is 0 Å². The fourth-order valence-corrected chi connectivity index (χ4v) is 2.94. The molecule has 1 N–H and O–H groups in total. The van der Waals surface area contributed by atoms with Crippen molar-refractivity contribution >= 4 is 35.3 Å². The minimum atomic E-state index is -1.39. The molecule has 0 bridgehead atoms. The van der Waals surface area contributed by atoms with Crippen molar-refractivity contribution in [3.63, 3.8) is 0 Å². The van der Waals surface area contributed by atoms with E-state index in [2.05, 4.69) is 5.32 Å². The number of halogens is 2. The van der Waals surface area contributed by atoms with E-state index in [1.165, 1.54) is 13.0 Å². The molecule has 0 fully saturated rings. The topological polar surface area (TPSA) is 98.5 Å². The Balaban J connectivity index is 0.00000363. The number of ketones is 2. The van der Waals surface area contributed by atoms with Gasteiger partial charge in [-0.1, -0.05) is 48.5 Å². The minimum Gasteiger partial charge on any atom is -0.483 e. The van der Waals surface area contributed by atoms with Crippen molar-refractivity contribution in [2.45, 2.75) is 19.1 Å². The van der Waals surface area contributed by atoms with Gasteiger partial charge in [-0.2, -0.15) is 4.39 Å². The molecule has 32 heavy (non-hydrogen) atoms. The van der Waals surface area contributed by atoms with Gasteiger partial charge in [0, 0.05) is 23.4 Å². The molecule has 2 atom stereocenters. The van der Waals surface area contributed by atoms with Gasteiger partial charge in [0.25, 0.3) is 0 Å². The second-order valence-electron chi connectivity index (χ2n) is 6.71. The summed E-state index contributed by atoms with van der Waals surface area (Å²) in [5, 5.41) is 13.5. The molecule has 3 aromatic carbocycles. The number of carbonyl (C=O) groups is 2. The molecule has 0 saturated carbocycles. The second kappa shape index (κ2) is 11.0. The van der Waals surface area contributed by atoms with Crippen LogP contribution in [0.1, 0.15) is 17.3 Å². The summed E-state index contributed by atoms with van der Waals surface area (Å²) < 4.78 is 19.7. The molecule has 0 radical (unpaired) electrons. The van der Waals surface area contributed by atoms with Crippen molar-refractivity contribution in [1.29, 1.82) is 0 Å². The number of benzene rings is 3. The summed E-state index contributed by atoms with van der Waals surface area (Å²) in [5.41, 5.74) is -0.371. The van der Waals surface area contributed by atoms with E-state index in [4.69, 9.17) is 4.74 Å². The van der Waals surface area contributed by atoms with Crippen LogP contribution in [0.15, 0.2) is 78.9 Å². The molecule has 0 aliphatic rings. The molecule has 2 unspecified atom stereocenters. The monoisotopic (exact) mass is 458 g/mol. The summed E-state index contributed by atoms with van der Waals surface area (Å²) in [6, 6.07) is 18.5. The van der Waals surface area contributed by atoms with E-state index in [1.807, 2.05) is 0 Å². The van der Waals surface area contributed by atoms with Crippen LogP contribution in [-0.2, 0) is 4.79 Å². The van der Waals surface area contributed by atoms with E-state index >= 15 is 0 Å². The van der Waals surface area contributed by atoms with Crippen molar-refractivity contribution < 1.29 is 23.6 Å². The Hall–Kier alpha value is -3.78. The number of anilines is 1. The van der Waals surface area contributed by atoms with Gasteiger partial charge >= 0.3 is 5.69 Å². The highest BCUT2D eigenvalue weighted by Gasteiger charge is 2.32. The van der Waals surface area contributed by atoms with Gasteiger partial charge in [0.1, 0.15) is 5.75 Å². The zero-order chi connectivity index (χ0) is 22.4. The van der Waals surface area contributed by atoms with Crippen LogP contribution in [0, 0.1) is 15.9 Å². The molecule has 3 rings (SSSR count). The largest absolute Gasteiger partial charge is 0.483 e. The molecule has 166 valence electrons. The minimum absolute atomic E-state index is 0. The van der Waals surface area contributed by atoms with Gasteiger partial charge in [-0.3, -0.25) is 19.7 Å². The van der Waals surface area contributed by atoms with Crippen LogP contribution in [0.3, 0.4) is 0 Å². The van der Waals surface area contributed by atoms with Crippen LogP contribution < -0.4 is 10.1 Å². The van der Waals surface area contributed by atoms with Gasteiger partial charge in [0.2, 0.25) is 11.6 Å². The molecular weight excluding hydrogens is 439 g/mol. The first kappa shape index (κ1) is 24.5. The second-order valence-corrected chi connectivity index (χ2v) is 6.71. The highest BCUT2D eigenvalue weighted by molar-refractivity contribution is 6.17. The number of carbonyl (C=O) groups excluding carboxylic acids is 2. The lowest BCUT2D eigenvalue weighted by Crippen LogP contribution is -2.44. The highest BCUT2D eigenvalue weighted by atomic mass is 35.5. The fraction of sp³-hybridized carbons (Fsp3) is 0.130. The Kier molecular flexibility index (Phi) is 8.43. The van der Waals surface area contributed by atoms with Crippen LogP contribution in [0.2, 0.25) is 0 Å². The molecule has 0 aromatic heterocycles. The lowest BCUT2D eigenvalue weighted by molar-refractivity contribution is -0.387. The Bertz CT molecular complexity index is 1100. The quantitative estimate of drug-likeness (QED) is 0.213. The number of nitro benzene ring substituents is 1. The molecule has 9 heteroatoms. The van der Waals surface area contributed by atoms with Crippen LogP contribution in [-0.4, -0.2) is 28.6 Å². The first-order chi connectivity index (χ1) is 14.9. The number of rotatable bonds is 9. The lowest BCUT2D eigenvalue weighted by atomic mass is 9.97. The maximum absolute atomic E-state index is 14.0. The number of hydrogen-bond acceptors (Lipinski definition) is 6. The Morgan fingerprint density at radius 1 is 1.00 bits per heavy atom. The third-order valence-corrected chi connectivity index (χ3v) is 4.52. The lowest BCUT2D eigenvalue weighted by Gasteiger charge is -2.22. The molecule has 0 aliphatic carbocycles. The third kappa shape index (κ3) is 5.89. The first-order valence-corrected chi connectivity index (χ1v) is 9.42. The first-order valence-electron chi connectivity index (χ1n) is 9.42. The summed E-state index contributed by atoms with van der Waals surface area (Å²) in [7, 11) is 0. The predicted molar refractivity (Wildman–Crippen MR) is 120 cm³/mol. The van der Waals surface area contributed by atoms with Gasteiger partial charge in [-0.15, -0.1) is 12.4 Å². The average molecular weight is 459 g/mol. The van der Waals surface area contributed by atoms with Crippen molar-refractivity contribution in [3.05, 3.63) is 100 Å². The fourth-order valence-electron chi connectivity index (χ4n) is 2.94. The molecule has 0 heterocycles. The standard InChI is InChI=1S/C23H19FN2O5.ClH/c1-15(31-18-10-6-3-7-11-18)22(27)21(23(28)16-8-4-2-5-9-16)25-17-12-13-20(26(29)30)19(24)14-17;/h2-15,21,25H,1H3;1H. The van der Waals surface area contributed by atoms with E-state index in [0.29, 0.717) is 5.75 Å². The van der Waals surface area contributed by atoms with E-state index in [-0.39, 0.29) is 23.7 Å².